The van der Waals surface area contributed by atoms with Crippen molar-refractivity contribution in [3.8, 4) is 5.75 Å². The van der Waals surface area contributed by atoms with Crippen LogP contribution >= 0.6 is 0 Å². The van der Waals surface area contributed by atoms with Gasteiger partial charge < -0.3 is 9.64 Å². The van der Waals surface area contributed by atoms with Crippen LogP contribution in [0.4, 0.5) is 0 Å². The zero-order valence-electron chi connectivity index (χ0n) is 17.3. The Morgan fingerprint density at radius 1 is 1.11 bits per heavy atom. The van der Waals surface area contributed by atoms with Gasteiger partial charge in [-0.15, -0.1) is 0 Å². The molecule has 0 radical (unpaired) electrons. The van der Waals surface area contributed by atoms with E-state index in [0.29, 0.717) is 25.4 Å². The Hall–Kier alpha value is -1.56. The third-order valence-corrected chi connectivity index (χ3v) is 8.57. The van der Waals surface area contributed by atoms with Crippen molar-refractivity contribution < 1.29 is 17.9 Å². The average Bonchev–Trinajstić information content (AvgIpc) is 3.44. The number of amides is 1. The van der Waals surface area contributed by atoms with Crippen molar-refractivity contribution in [3.05, 3.63) is 29.8 Å². The maximum Gasteiger partial charge on any atom is 0.226 e. The number of carbonyl (C=O) groups is 1. The summed E-state index contributed by atoms with van der Waals surface area (Å²) in [5.74, 6) is 2.01. The number of carbonyl (C=O) groups excluding carboxylic acids is 1. The summed E-state index contributed by atoms with van der Waals surface area (Å²) in [5.41, 5.74) is 0.968. The van der Waals surface area contributed by atoms with Crippen molar-refractivity contribution in [2.24, 2.45) is 11.8 Å². The molecule has 1 aliphatic heterocycles. The lowest BCUT2D eigenvalue weighted by Crippen LogP contribution is -2.42. The third kappa shape index (κ3) is 5.72. The van der Waals surface area contributed by atoms with Crippen LogP contribution < -0.4 is 4.74 Å². The van der Waals surface area contributed by atoms with Crippen molar-refractivity contribution >= 4 is 15.7 Å². The molecule has 1 saturated heterocycles. The van der Waals surface area contributed by atoms with E-state index in [1.54, 1.807) is 20.8 Å². The van der Waals surface area contributed by atoms with Gasteiger partial charge in [-0.1, -0.05) is 12.1 Å². The Morgan fingerprint density at radius 3 is 2.39 bits per heavy atom. The number of rotatable bonds is 7. The summed E-state index contributed by atoms with van der Waals surface area (Å²) < 4.78 is 29.9. The van der Waals surface area contributed by atoms with Crippen molar-refractivity contribution in [1.82, 2.24) is 4.90 Å². The van der Waals surface area contributed by atoms with Gasteiger partial charge in [-0.25, -0.2) is 8.42 Å². The van der Waals surface area contributed by atoms with Gasteiger partial charge >= 0.3 is 0 Å². The smallest absolute Gasteiger partial charge is 0.226 e. The first-order valence-electron chi connectivity index (χ1n) is 10.4. The number of hydrogen-bond donors (Lipinski definition) is 0. The SMILES string of the molecule is CC(C)(C)S(=O)(=O)CC1CCN(C(=O)Cc2cccc(OCC3CC3)c2)CC1. The number of piperidine rings is 1. The molecule has 5 nitrogen and oxygen atoms in total. The molecule has 6 heteroatoms. The van der Waals surface area contributed by atoms with Crippen LogP contribution in [0.2, 0.25) is 0 Å². The van der Waals surface area contributed by atoms with Crippen LogP contribution in [0.1, 0.15) is 52.0 Å². The predicted molar refractivity (Wildman–Crippen MR) is 111 cm³/mol. The van der Waals surface area contributed by atoms with Crippen LogP contribution in [0.5, 0.6) is 5.75 Å². The largest absolute Gasteiger partial charge is 0.493 e. The number of benzene rings is 1. The molecule has 0 spiro atoms. The average molecular weight is 408 g/mol. The van der Waals surface area contributed by atoms with Crippen LogP contribution in [0, 0.1) is 11.8 Å². The summed E-state index contributed by atoms with van der Waals surface area (Å²) in [6.07, 6.45) is 4.39. The Morgan fingerprint density at radius 2 is 1.79 bits per heavy atom. The molecule has 0 atom stereocenters. The van der Waals surface area contributed by atoms with Crippen molar-refractivity contribution in [1.29, 1.82) is 0 Å². The van der Waals surface area contributed by atoms with Crippen LogP contribution in [0.25, 0.3) is 0 Å². The first-order chi connectivity index (χ1) is 13.1. The molecule has 0 N–H and O–H groups in total. The zero-order chi connectivity index (χ0) is 20.4. The van der Waals surface area contributed by atoms with Gasteiger partial charge in [-0.3, -0.25) is 4.79 Å². The second kappa shape index (κ2) is 8.44. The number of sulfone groups is 1. The molecule has 1 aliphatic carbocycles. The summed E-state index contributed by atoms with van der Waals surface area (Å²) in [6, 6.07) is 7.80. The Bertz CT molecular complexity index is 785. The summed E-state index contributed by atoms with van der Waals surface area (Å²) in [6.45, 7) is 7.31. The lowest BCUT2D eigenvalue weighted by Gasteiger charge is -2.33. The monoisotopic (exact) mass is 407 g/mol. The fourth-order valence-corrected chi connectivity index (χ4v) is 4.89. The standard InChI is InChI=1S/C22H33NO4S/c1-22(2,3)28(25,26)16-18-9-11-23(12-10-18)21(24)14-19-5-4-6-20(13-19)27-15-17-7-8-17/h4-6,13,17-18H,7-12,14-16H2,1-3H3. The first kappa shape index (κ1) is 21.2. The molecular weight excluding hydrogens is 374 g/mol. The normalized spacial score (nSPS) is 18.9. The molecule has 156 valence electrons. The maximum atomic E-state index is 12.7. The lowest BCUT2D eigenvalue weighted by atomic mass is 9.98. The third-order valence-electron chi connectivity index (χ3n) is 5.79. The van der Waals surface area contributed by atoms with Gasteiger partial charge in [0.1, 0.15) is 5.75 Å². The van der Waals surface area contributed by atoms with Gasteiger partial charge in [0.2, 0.25) is 5.91 Å². The van der Waals surface area contributed by atoms with E-state index in [1.165, 1.54) is 12.8 Å². The highest BCUT2D eigenvalue weighted by Crippen LogP contribution is 2.30. The second-order valence-corrected chi connectivity index (χ2v) is 12.1. The van der Waals surface area contributed by atoms with Crippen LogP contribution in [-0.4, -0.2) is 49.4 Å². The molecule has 1 amide bonds. The number of hydrogen-bond acceptors (Lipinski definition) is 4. The van der Waals surface area contributed by atoms with Gasteiger partial charge in [0, 0.05) is 13.1 Å². The highest BCUT2D eigenvalue weighted by atomic mass is 32.2. The number of ether oxygens (including phenoxy) is 1. The van der Waals surface area contributed by atoms with E-state index < -0.39 is 14.6 Å². The minimum atomic E-state index is -3.11. The van der Waals surface area contributed by atoms with Crippen LogP contribution in [0.3, 0.4) is 0 Å². The first-order valence-corrected chi connectivity index (χ1v) is 12.0. The van der Waals surface area contributed by atoms with Gasteiger partial charge in [0.25, 0.3) is 0 Å². The van der Waals surface area contributed by atoms with Crippen LogP contribution in [0.15, 0.2) is 24.3 Å². The molecule has 1 saturated carbocycles. The Kier molecular flexibility index (Phi) is 6.37. The Balaban J connectivity index is 1.48. The highest BCUT2D eigenvalue weighted by molar-refractivity contribution is 7.92. The van der Waals surface area contributed by atoms with Gasteiger partial charge in [0.15, 0.2) is 9.84 Å². The molecule has 0 unspecified atom stereocenters. The summed E-state index contributed by atoms with van der Waals surface area (Å²) in [7, 11) is -3.11. The topological polar surface area (TPSA) is 63.7 Å². The highest BCUT2D eigenvalue weighted by Gasteiger charge is 2.33. The van der Waals surface area contributed by atoms with Crippen LogP contribution in [-0.2, 0) is 21.1 Å². The zero-order valence-corrected chi connectivity index (χ0v) is 18.1. The molecule has 1 heterocycles. The van der Waals surface area contributed by atoms with E-state index in [1.807, 2.05) is 29.2 Å². The molecule has 3 rings (SSSR count). The fourth-order valence-electron chi connectivity index (χ4n) is 3.44. The van der Waals surface area contributed by atoms with E-state index in [-0.39, 0.29) is 17.6 Å². The van der Waals surface area contributed by atoms with E-state index in [2.05, 4.69) is 0 Å². The van der Waals surface area contributed by atoms with Crippen molar-refractivity contribution in [2.45, 2.75) is 57.6 Å². The fraction of sp³-hybridized carbons (Fsp3) is 0.682. The second-order valence-electron chi connectivity index (χ2n) is 9.30. The molecule has 0 aromatic heterocycles. The van der Waals surface area contributed by atoms with E-state index >= 15 is 0 Å². The molecule has 0 bridgehead atoms. The number of nitrogens with zero attached hydrogens (tertiary/aromatic N) is 1. The summed E-state index contributed by atoms with van der Waals surface area (Å²) in [4.78, 5) is 14.5. The van der Waals surface area contributed by atoms with Gasteiger partial charge in [-0.05, 0) is 76.0 Å². The molecule has 2 fully saturated rings. The molecule has 2 aliphatic rings. The van der Waals surface area contributed by atoms with Crippen molar-refractivity contribution in [2.75, 3.05) is 25.4 Å². The molecule has 1 aromatic carbocycles. The molecular formula is C22H33NO4S. The van der Waals surface area contributed by atoms with E-state index in [9.17, 15) is 13.2 Å². The van der Waals surface area contributed by atoms with Crippen molar-refractivity contribution in [3.63, 3.8) is 0 Å². The number of likely N-dealkylation sites (tertiary alicyclic amines) is 1. The minimum Gasteiger partial charge on any atom is -0.493 e. The molecule has 1 aromatic rings. The van der Waals surface area contributed by atoms with E-state index in [0.717, 1.165) is 30.8 Å². The lowest BCUT2D eigenvalue weighted by molar-refractivity contribution is -0.131. The maximum absolute atomic E-state index is 12.7. The summed E-state index contributed by atoms with van der Waals surface area (Å²) >= 11 is 0. The van der Waals surface area contributed by atoms with Gasteiger partial charge in [0.05, 0.1) is 23.5 Å². The Labute approximate surface area is 169 Å². The minimum absolute atomic E-state index is 0.108. The molecule has 28 heavy (non-hydrogen) atoms. The summed E-state index contributed by atoms with van der Waals surface area (Å²) in [5, 5.41) is 0. The van der Waals surface area contributed by atoms with E-state index in [4.69, 9.17) is 4.74 Å². The quantitative estimate of drug-likeness (QED) is 0.694. The van der Waals surface area contributed by atoms with Gasteiger partial charge in [-0.2, -0.15) is 0 Å². The predicted octanol–water partition coefficient (Wildman–Crippen LogP) is 3.47.